The Bertz CT molecular complexity index is 830. The van der Waals surface area contributed by atoms with E-state index in [0.717, 1.165) is 24.2 Å². The van der Waals surface area contributed by atoms with Gasteiger partial charge in [0.25, 0.3) is 11.1 Å². The van der Waals surface area contributed by atoms with Crippen LogP contribution >= 0.6 is 0 Å². The van der Waals surface area contributed by atoms with E-state index in [4.69, 9.17) is 4.74 Å². The summed E-state index contributed by atoms with van der Waals surface area (Å²) < 4.78 is 5.07. The van der Waals surface area contributed by atoms with Crippen LogP contribution in [0, 0.1) is 0 Å². The van der Waals surface area contributed by atoms with Gasteiger partial charge in [-0.05, 0) is 30.2 Å². The molecule has 2 aromatic rings. The maximum Gasteiger partial charge on any atom is 0.272 e. The summed E-state index contributed by atoms with van der Waals surface area (Å²) in [5.74, 6) is 0.735. The predicted octanol–water partition coefficient (Wildman–Crippen LogP) is 0.481. The van der Waals surface area contributed by atoms with Crippen LogP contribution in [0.2, 0.25) is 0 Å². The van der Waals surface area contributed by atoms with Crippen molar-refractivity contribution in [3.8, 4) is 5.75 Å². The zero-order valence-electron chi connectivity index (χ0n) is 12.1. The molecule has 0 aliphatic carbocycles. The van der Waals surface area contributed by atoms with Gasteiger partial charge in [0, 0.05) is 0 Å². The van der Waals surface area contributed by atoms with E-state index in [0.29, 0.717) is 5.35 Å². The fourth-order valence-electron chi connectivity index (χ4n) is 1.89. The molecule has 21 heavy (non-hydrogen) atoms. The highest BCUT2D eigenvalue weighted by molar-refractivity contribution is 5.49. The van der Waals surface area contributed by atoms with Crippen LogP contribution in [-0.4, -0.2) is 17.1 Å². The first-order chi connectivity index (χ1) is 10.1. The van der Waals surface area contributed by atoms with E-state index >= 15 is 0 Å². The third-order valence-corrected chi connectivity index (χ3v) is 3.05. The van der Waals surface area contributed by atoms with Gasteiger partial charge in [0.05, 0.1) is 7.11 Å². The third-order valence-electron chi connectivity index (χ3n) is 3.05. The molecule has 5 nitrogen and oxygen atoms in total. The van der Waals surface area contributed by atoms with Gasteiger partial charge >= 0.3 is 0 Å². The van der Waals surface area contributed by atoms with Gasteiger partial charge in [0.1, 0.15) is 16.4 Å². The van der Waals surface area contributed by atoms with E-state index in [2.05, 4.69) is 9.97 Å². The van der Waals surface area contributed by atoms with Gasteiger partial charge < -0.3 is 14.7 Å². The first-order valence-electron chi connectivity index (χ1n) is 6.82. The molecule has 1 heterocycles. The second-order valence-electron chi connectivity index (χ2n) is 4.65. The molecular weight excluding hydrogens is 268 g/mol. The summed E-state index contributed by atoms with van der Waals surface area (Å²) in [5, 5.41) is 0.549. The van der Waals surface area contributed by atoms with Gasteiger partial charge in [0.2, 0.25) is 0 Å². The van der Waals surface area contributed by atoms with Crippen LogP contribution in [0.5, 0.6) is 5.75 Å². The van der Waals surface area contributed by atoms with Crippen molar-refractivity contribution < 1.29 is 4.74 Å². The summed E-state index contributed by atoms with van der Waals surface area (Å²) in [7, 11) is 1.59. The monoisotopic (exact) mass is 286 g/mol. The highest BCUT2D eigenvalue weighted by Gasteiger charge is 1.96. The zero-order chi connectivity index (χ0) is 15.2. The Hall–Kier alpha value is -2.56. The number of aromatic amines is 2. The van der Waals surface area contributed by atoms with Crippen LogP contribution in [0.3, 0.4) is 0 Å². The van der Waals surface area contributed by atoms with Crippen molar-refractivity contribution in [2.45, 2.75) is 19.8 Å². The van der Waals surface area contributed by atoms with Gasteiger partial charge in [-0.15, -0.1) is 0 Å². The Morgan fingerprint density at radius 2 is 1.67 bits per heavy atom. The number of methoxy groups -OCH3 is 1. The smallest absolute Gasteiger partial charge is 0.272 e. The highest BCUT2D eigenvalue weighted by atomic mass is 16.5. The number of benzene rings is 1. The molecule has 0 amide bonds. The Kier molecular flexibility index (Phi) is 4.77. The molecule has 5 heteroatoms. The SMILES string of the molecule is CCC/C=c1\[nH]c(=O)/c(=C/c2ccc(OC)cc2)[nH]c1=O. The molecule has 0 radical (unpaired) electrons. The predicted molar refractivity (Wildman–Crippen MR) is 82.9 cm³/mol. The zero-order valence-corrected chi connectivity index (χ0v) is 12.1. The number of aromatic nitrogens is 2. The number of unbranched alkanes of at least 4 members (excludes halogenated alkanes) is 1. The van der Waals surface area contributed by atoms with Gasteiger partial charge in [0.15, 0.2) is 0 Å². The molecule has 0 saturated heterocycles. The number of H-pyrrole nitrogens is 2. The average Bonchev–Trinajstić information content (AvgIpc) is 2.50. The summed E-state index contributed by atoms with van der Waals surface area (Å²) in [6.07, 6.45) is 5.03. The number of ether oxygens (including phenoxy) is 1. The molecular formula is C16H18N2O3. The van der Waals surface area contributed by atoms with Crippen molar-refractivity contribution in [2.24, 2.45) is 0 Å². The Balaban J connectivity index is 2.49. The fraction of sp³-hybridized carbons (Fsp3) is 0.250. The van der Waals surface area contributed by atoms with E-state index in [1.807, 2.05) is 19.1 Å². The standard InChI is InChI=1S/C16H18N2O3/c1-3-4-5-13-15(19)18-14(16(20)17-13)10-11-6-8-12(21-2)9-7-11/h5-10H,3-4H2,1-2H3,(H,17,20)(H,18,19)/b13-5-,14-10-. The minimum Gasteiger partial charge on any atom is -0.497 e. The minimum atomic E-state index is -0.312. The summed E-state index contributed by atoms with van der Waals surface area (Å²) in [4.78, 5) is 29.1. The van der Waals surface area contributed by atoms with E-state index in [1.54, 1.807) is 31.4 Å². The summed E-state index contributed by atoms with van der Waals surface area (Å²) in [5.41, 5.74) is 0.206. The third kappa shape index (κ3) is 3.72. The second kappa shape index (κ2) is 6.74. The van der Waals surface area contributed by atoms with Crippen LogP contribution in [0.1, 0.15) is 25.3 Å². The molecule has 0 fully saturated rings. The van der Waals surface area contributed by atoms with Gasteiger partial charge in [-0.3, -0.25) is 9.59 Å². The number of hydrogen-bond acceptors (Lipinski definition) is 3. The van der Waals surface area contributed by atoms with E-state index in [-0.39, 0.29) is 16.5 Å². The van der Waals surface area contributed by atoms with Crippen molar-refractivity contribution in [3.05, 3.63) is 61.2 Å². The molecule has 0 atom stereocenters. The van der Waals surface area contributed by atoms with Crippen molar-refractivity contribution in [2.75, 3.05) is 7.11 Å². The molecule has 0 saturated carbocycles. The van der Waals surface area contributed by atoms with Crippen LogP contribution in [-0.2, 0) is 0 Å². The average molecular weight is 286 g/mol. The summed E-state index contributed by atoms with van der Waals surface area (Å²) in [6.45, 7) is 2.01. The van der Waals surface area contributed by atoms with Gasteiger partial charge in [-0.25, -0.2) is 0 Å². The lowest BCUT2D eigenvalue weighted by atomic mass is 10.2. The fourth-order valence-corrected chi connectivity index (χ4v) is 1.89. The van der Waals surface area contributed by atoms with Crippen molar-refractivity contribution in [1.29, 1.82) is 0 Å². The van der Waals surface area contributed by atoms with E-state index in [1.165, 1.54) is 0 Å². The maximum atomic E-state index is 12.0. The number of rotatable bonds is 4. The molecule has 2 rings (SSSR count). The molecule has 1 aromatic carbocycles. The summed E-state index contributed by atoms with van der Waals surface area (Å²) in [6, 6.07) is 7.21. The second-order valence-corrected chi connectivity index (χ2v) is 4.65. The Morgan fingerprint density at radius 1 is 1.05 bits per heavy atom. The number of hydrogen-bond donors (Lipinski definition) is 2. The van der Waals surface area contributed by atoms with Gasteiger partial charge in [-0.1, -0.05) is 31.6 Å². The number of nitrogens with one attached hydrogen (secondary N) is 2. The first-order valence-corrected chi connectivity index (χ1v) is 6.82. The molecule has 110 valence electrons. The van der Waals surface area contributed by atoms with Gasteiger partial charge in [-0.2, -0.15) is 0 Å². The Labute approximate surface area is 121 Å². The molecule has 0 bridgehead atoms. The van der Waals surface area contributed by atoms with Crippen molar-refractivity contribution in [1.82, 2.24) is 9.97 Å². The molecule has 1 aromatic heterocycles. The quantitative estimate of drug-likeness (QED) is 0.858. The largest absolute Gasteiger partial charge is 0.497 e. The first kappa shape index (κ1) is 14.8. The molecule has 2 N–H and O–H groups in total. The molecule has 0 unspecified atom stereocenters. The van der Waals surface area contributed by atoms with Crippen LogP contribution in [0.4, 0.5) is 0 Å². The normalized spacial score (nSPS) is 12.7. The van der Waals surface area contributed by atoms with Crippen LogP contribution < -0.4 is 26.6 Å². The lowest BCUT2D eigenvalue weighted by Gasteiger charge is -1.98. The molecule has 0 spiro atoms. The van der Waals surface area contributed by atoms with Crippen molar-refractivity contribution in [3.63, 3.8) is 0 Å². The lowest BCUT2D eigenvalue weighted by Crippen LogP contribution is -2.46. The van der Waals surface area contributed by atoms with E-state index in [9.17, 15) is 9.59 Å². The Morgan fingerprint density at radius 3 is 2.29 bits per heavy atom. The topological polar surface area (TPSA) is 75.0 Å². The van der Waals surface area contributed by atoms with Crippen LogP contribution in [0.15, 0.2) is 33.9 Å². The maximum absolute atomic E-state index is 12.0. The molecule has 0 aliphatic heterocycles. The van der Waals surface area contributed by atoms with Crippen LogP contribution in [0.25, 0.3) is 12.2 Å². The molecule has 0 aliphatic rings. The minimum absolute atomic E-state index is 0.235. The lowest BCUT2D eigenvalue weighted by molar-refractivity contribution is 0.415. The highest BCUT2D eigenvalue weighted by Crippen LogP contribution is 2.11. The summed E-state index contributed by atoms with van der Waals surface area (Å²) >= 11 is 0. The van der Waals surface area contributed by atoms with Crippen molar-refractivity contribution >= 4 is 12.2 Å². The van der Waals surface area contributed by atoms with E-state index < -0.39 is 0 Å².